The topological polar surface area (TPSA) is 82.3 Å². The molecule has 6 heteroatoms. The lowest BCUT2D eigenvalue weighted by atomic mass is 10.3. The normalized spacial score (nSPS) is 11.1. The van der Waals surface area contributed by atoms with Crippen LogP contribution in [0, 0.1) is 0 Å². The van der Waals surface area contributed by atoms with Gasteiger partial charge in [-0.2, -0.15) is 0 Å². The van der Waals surface area contributed by atoms with E-state index < -0.39 is 0 Å². The van der Waals surface area contributed by atoms with Crippen LogP contribution in [0.4, 0.5) is 26.7 Å². The van der Waals surface area contributed by atoms with Crippen LogP contribution in [0.1, 0.15) is 13.8 Å². The Kier molecular flexibility index (Phi) is 7.00. The first-order chi connectivity index (χ1) is 12.6. The summed E-state index contributed by atoms with van der Waals surface area (Å²) in [6.45, 7) is 3.72. The van der Waals surface area contributed by atoms with Crippen molar-refractivity contribution in [3.8, 4) is 0 Å². The zero-order valence-electron chi connectivity index (χ0n) is 14.7. The molecule has 0 saturated heterocycles. The molecule has 0 aromatic heterocycles. The number of nitrogens with one attached hydrogen (secondary N) is 4. The van der Waals surface area contributed by atoms with Gasteiger partial charge in [-0.15, -0.1) is 0 Å². The summed E-state index contributed by atoms with van der Waals surface area (Å²) >= 11 is 0. The molecule has 0 aliphatic heterocycles. The molecule has 0 unspecified atom stereocenters. The number of hydrogen-bond donors (Lipinski definition) is 4. The van der Waals surface area contributed by atoms with Crippen molar-refractivity contribution < 1.29 is 9.59 Å². The minimum absolute atomic E-state index is 0.335. The maximum Gasteiger partial charge on any atom is 0.323 e. The third kappa shape index (κ3) is 6.16. The van der Waals surface area contributed by atoms with Gasteiger partial charge >= 0.3 is 12.1 Å². The molecule has 0 saturated carbocycles. The molecular formula is C20H22N4O2. The summed E-state index contributed by atoms with van der Waals surface area (Å²) in [6, 6.07) is 15.3. The van der Waals surface area contributed by atoms with Crippen molar-refractivity contribution in [3.63, 3.8) is 0 Å². The summed E-state index contributed by atoms with van der Waals surface area (Å²) in [5, 5.41) is 10.9. The lowest BCUT2D eigenvalue weighted by molar-refractivity contribution is 0.254. The van der Waals surface area contributed by atoms with Crippen molar-refractivity contribution in [2.24, 2.45) is 0 Å². The number of urea groups is 2. The lowest BCUT2D eigenvalue weighted by Crippen LogP contribution is -2.27. The van der Waals surface area contributed by atoms with Gasteiger partial charge < -0.3 is 21.3 Å². The highest BCUT2D eigenvalue weighted by Gasteiger charge is 2.05. The first kappa shape index (κ1) is 18.8. The molecule has 0 spiro atoms. The zero-order valence-corrected chi connectivity index (χ0v) is 14.7. The Balaban J connectivity index is 1.87. The van der Waals surface area contributed by atoms with E-state index in [9.17, 15) is 9.59 Å². The quantitative estimate of drug-likeness (QED) is 0.577. The minimum atomic E-state index is -0.335. The Hall–Kier alpha value is -3.54. The smallest absolute Gasteiger partial charge is 0.308 e. The molecule has 0 fully saturated rings. The summed E-state index contributed by atoms with van der Waals surface area (Å²) in [6.07, 6.45) is 5.45. The molecule has 2 rings (SSSR count). The van der Waals surface area contributed by atoms with Crippen LogP contribution >= 0.6 is 0 Å². The first-order valence-electron chi connectivity index (χ1n) is 8.21. The number of carbonyl (C=O) groups excluding carboxylic acids is 2. The van der Waals surface area contributed by atoms with Gasteiger partial charge in [0.05, 0.1) is 0 Å². The molecule has 26 heavy (non-hydrogen) atoms. The number of allylic oxidation sites excluding steroid dienone is 3. The average molecular weight is 350 g/mol. The number of carbonyl (C=O) groups is 2. The summed E-state index contributed by atoms with van der Waals surface area (Å²) in [5.41, 5.74) is 2.65. The van der Waals surface area contributed by atoms with Crippen LogP contribution in [0.2, 0.25) is 0 Å². The summed E-state index contributed by atoms with van der Waals surface area (Å²) in [7, 11) is 0. The van der Waals surface area contributed by atoms with Gasteiger partial charge in [0.2, 0.25) is 0 Å². The predicted octanol–water partition coefficient (Wildman–Crippen LogP) is 4.93. The van der Waals surface area contributed by atoms with Crippen LogP contribution in [0.3, 0.4) is 0 Å². The van der Waals surface area contributed by atoms with E-state index in [-0.39, 0.29) is 12.1 Å². The fourth-order valence-corrected chi connectivity index (χ4v) is 2.13. The Morgan fingerprint density at radius 2 is 1.23 bits per heavy atom. The third-order valence-electron chi connectivity index (χ3n) is 3.35. The van der Waals surface area contributed by atoms with E-state index in [0.717, 1.165) is 0 Å². The summed E-state index contributed by atoms with van der Waals surface area (Å²) in [4.78, 5) is 23.9. The molecule has 4 amide bonds. The molecular weight excluding hydrogens is 328 g/mol. The maximum atomic E-state index is 11.9. The van der Waals surface area contributed by atoms with Gasteiger partial charge in [-0.3, -0.25) is 0 Å². The summed E-state index contributed by atoms with van der Waals surface area (Å²) < 4.78 is 0. The Labute approximate surface area is 153 Å². The first-order valence-corrected chi connectivity index (χ1v) is 8.21. The Bertz CT molecular complexity index is 796. The summed E-state index contributed by atoms with van der Waals surface area (Å²) in [5.74, 6) is 0. The fraction of sp³-hybridized carbons (Fsp3) is 0.100. The van der Waals surface area contributed by atoms with E-state index in [4.69, 9.17) is 0 Å². The molecule has 0 aliphatic carbocycles. The lowest BCUT2D eigenvalue weighted by Gasteiger charge is -2.10. The maximum absolute atomic E-state index is 11.9. The molecule has 0 aliphatic rings. The van der Waals surface area contributed by atoms with Gasteiger partial charge in [0.15, 0.2) is 0 Å². The number of amides is 4. The molecule has 0 bridgehead atoms. The van der Waals surface area contributed by atoms with Crippen molar-refractivity contribution in [3.05, 3.63) is 78.5 Å². The van der Waals surface area contributed by atoms with E-state index >= 15 is 0 Å². The largest absolute Gasteiger partial charge is 0.323 e. The number of benzene rings is 2. The highest BCUT2D eigenvalue weighted by molar-refractivity contribution is 6.00. The van der Waals surface area contributed by atoms with Crippen molar-refractivity contribution in [1.29, 1.82) is 0 Å². The zero-order chi connectivity index (χ0) is 18.8. The fourth-order valence-electron chi connectivity index (χ4n) is 2.13. The van der Waals surface area contributed by atoms with Crippen LogP contribution in [-0.2, 0) is 0 Å². The molecule has 0 heterocycles. The van der Waals surface area contributed by atoms with Gasteiger partial charge in [0.1, 0.15) is 0 Å². The van der Waals surface area contributed by atoms with Gasteiger partial charge in [0, 0.05) is 22.8 Å². The second-order valence-electron chi connectivity index (χ2n) is 5.35. The van der Waals surface area contributed by atoms with Gasteiger partial charge in [-0.25, -0.2) is 9.59 Å². The van der Waals surface area contributed by atoms with Crippen LogP contribution in [0.25, 0.3) is 0 Å². The average Bonchev–Trinajstić information content (AvgIpc) is 2.63. The predicted molar refractivity (Wildman–Crippen MR) is 106 cm³/mol. The third-order valence-corrected chi connectivity index (χ3v) is 3.35. The molecule has 2 aromatic rings. The minimum Gasteiger partial charge on any atom is -0.308 e. The number of rotatable bonds is 5. The van der Waals surface area contributed by atoms with Crippen molar-refractivity contribution >= 4 is 29.1 Å². The van der Waals surface area contributed by atoms with E-state index in [1.165, 1.54) is 0 Å². The van der Waals surface area contributed by atoms with E-state index in [2.05, 4.69) is 21.3 Å². The highest BCUT2D eigenvalue weighted by Crippen LogP contribution is 2.14. The van der Waals surface area contributed by atoms with Crippen LogP contribution < -0.4 is 21.3 Å². The van der Waals surface area contributed by atoms with Gasteiger partial charge in [-0.1, -0.05) is 30.4 Å². The molecule has 134 valence electrons. The van der Waals surface area contributed by atoms with Crippen LogP contribution in [0.5, 0.6) is 0 Å². The van der Waals surface area contributed by atoms with E-state index in [0.29, 0.717) is 22.8 Å². The Morgan fingerprint density at radius 3 is 1.73 bits per heavy atom. The molecule has 2 aromatic carbocycles. The van der Waals surface area contributed by atoms with Crippen molar-refractivity contribution in [2.75, 3.05) is 16.0 Å². The van der Waals surface area contributed by atoms with E-state index in [1.807, 2.05) is 38.1 Å². The van der Waals surface area contributed by atoms with Crippen molar-refractivity contribution in [2.45, 2.75) is 13.8 Å². The van der Waals surface area contributed by atoms with Gasteiger partial charge in [-0.05, 0) is 56.3 Å². The number of para-hydroxylation sites is 1. The standard InChI is InChI=1S/C20H22N4O2/c1-3-8-15(4-2)21-19(25)23-17-11-13-18(14-12-17)24-20(26)22-16-9-6-5-7-10-16/h3-14H,1-2H3,(H2,21,23,25)(H2,22,24,26)/b8-3-,15-4+. The second-order valence-corrected chi connectivity index (χ2v) is 5.35. The highest BCUT2D eigenvalue weighted by atomic mass is 16.2. The van der Waals surface area contributed by atoms with Crippen LogP contribution in [0.15, 0.2) is 78.5 Å². The molecule has 4 N–H and O–H groups in total. The SMILES string of the molecule is C/C=C\C(=C/C)NC(=O)Nc1ccc(NC(=O)Nc2ccccc2)cc1. The number of anilines is 3. The molecule has 0 radical (unpaired) electrons. The van der Waals surface area contributed by atoms with E-state index in [1.54, 1.807) is 48.6 Å². The Morgan fingerprint density at radius 1 is 0.731 bits per heavy atom. The number of hydrogen-bond acceptors (Lipinski definition) is 2. The second kappa shape index (κ2) is 9.68. The molecule has 0 atom stereocenters. The van der Waals surface area contributed by atoms with Crippen LogP contribution in [-0.4, -0.2) is 12.1 Å². The monoisotopic (exact) mass is 350 g/mol. The van der Waals surface area contributed by atoms with Crippen molar-refractivity contribution in [1.82, 2.24) is 5.32 Å². The molecule has 6 nitrogen and oxygen atoms in total. The van der Waals surface area contributed by atoms with Gasteiger partial charge in [0.25, 0.3) is 0 Å².